The van der Waals surface area contributed by atoms with Crippen molar-refractivity contribution in [1.29, 1.82) is 5.26 Å². The number of hydrogen-bond donors (Lipinski definition) is 0. The second-order valence-corrected chi connectivity index (χ2v) is 8.41. The smallest absolute Gasteiger partial charge is 0.309 e. The first kappa shape index (κ1) is 21.7. The molecule has 2 rings (SSSR count). The molecule has 0 aromatic rings. The number of carbonyl (C=O) groups is 1. The summed E-state index contributed by atoms with van der Waals surface area (Å²) in [5, 5.41) is 8.48. The first-order valence-corrected chi connectivity index (χ1v) is 11.2. The third-order valence-corrected chi connectivity index (χ3v) is 6.31. The molecule has 0 spiro atoms. The number of nitrogens with zero attached hydrogens (tertiary/aromatic N) is 1. The van der Waals surface area contributed by atoms with Gasteiger partial charge in [-0.25, -0.2) is 0 Å². The van der Waals surface area contributed by atoms with Gasteiger partial charge in [-0.15, -0.1) is 0 Å². The Bertz CT molecular complexity index is 515. The van der Waals surface area contributed by atoms with Crippen molar-refractivity contribution in [3.8, 4) is 6.07 Å². The van der Waals surface area contributed by atoms with Crippen LogP contribution in [-0.2, 0) is 9.53 Å². The molecule has 2 saturated carbocycles. The van der Waals surface area contributed by atoms with E-state index in [9.17, 15) is 4.79 Å². The molecule has 0 N–H and O–H groups in total. The quantitative estimate of drug-likeness (QED) is 0.201. The van der Waals surface area contributed by atoms with Gasteiger partial charge in [-0.05, 0) is 63.2 Å². The van der Waals surface area contributed by atoms with Crippen LogP contribution in [0.25, 0.3) is 0 Å². The Kier molecular flexibility index (Phi) is 10.3. The monoisotopic (exact) mass is 371 g/mol. The molecule has 0 radical (unpaired) electrons. The zero-order chi connectivity index (χ0) is 19.3. The number of hydrogen-bond acceptors (Lipinski definition) is 3. The van der Waals surface area contributed by atoms with Crippen molar-refractivity contribution >= 4 is 5.97 Å². The van der Waals surface area contributed by atoms with Crippen LogP contribution in [0, 0.1) is 29.1 Å². The molecule has 0 aromatic heterocycles. The molecule has 150 valence electrons. The minimum Gasteiger partial charge on any atom is -0.462 e. The van der Waals surface area contributed by atoms with E-state index in [1.54, 1.807) is 6.08 Å². The molecule has 0 heterocycles. The molecule has 0 unspecified atom stereocenters. The molecule has 0 atom stereocenters. The van der Waals surface area contributed by atoms with E-state index < -0.39 is 0 Å². The number of ether oxygens (including phenoxy) is 1. The summed E-state index contributed by atoms with van der Waals surface area (Å²) in [5.74, 6) is 1.59. The Hall–Kier alpha value is -1.56. The lowest BCUT2D eigenvalue weighted by Gasteiger charge is -2.31. The fourth-order valence-corrected chi connectivity index (χ4v) is 4.53. The molecule has 27 heavy (non-hydrogen) atoms. The van der Waals surface area contributed by atoms with Gasteiger partial charge in [0, 0.05) is 6.08 Å². The van der Waals surface area contributed by atoms with E-state index >= 15 is 0 Å². The molecule has 0 aliphatic heterocycles. The van der Waals surface area contributed by atoms with Crippen LogP contribution in [0.15, 0.2) is 24.3 Å². The van der Waals surface area contributed by atoms with E-state index in [2.05, 4.69) is 13.0 Å². The second kappa shape index (κ2) is 12.8. The minimum absolute atomic E-state index is 0.0652. The van der Waals surface area contributed by atoms with Gasteiger partial charge in [-0.3, -0.25) is 4.79 Å². The van der Waals surface area contributed by atoms with Gasteiger partial charge in [0.2, 0.25) is 0 Å². The average Bonchev–Trinajstić information content (AvgIpc) is 2.70. The first-order chi connectivity index (χ1) is 13.2. The Morgan fingerprint density at radius 1 is 1.00 bits per heavy atom. The average molecular weight is 372 g/mol. The second-order valence-electron chi connectivity index (χ2n) is 8.41. The molecule has 0 saturated heterocycles. The molecule has 3 nitrogen and oxygen atoms in total. The SMILES string of the molecule is CCCCCCC1CCC(C(=O)OC2CCC(/C=C/C=CC#N)CC2)CC1. The molecule has 0 amide bonds. The van der Waals surface area contributed by atoms with Crippen LogP contribution in [0.1, 0.15) is 90.4 Å². The summed E-state index contributed by atoms with van der Waals surface area (Å²) in [5.41, 5.74) is 0. The zero-order valence-corrected chi connectivity index (χ0v) is 17.1. The van der Waals surface area contributed by atoms with E-state index in [0.29, 0.717) is 5.92 Å². The van der Waals surface area contributed by atoms with Crippen LogP contribution >= 0.6 is 0 Å². The summed E-state index contributed by atoms with van der Waals surface area (Å²) in [6, 6.07) is 1.99. The Labute approximate surface area is 165 Å². The van der Waals surface area contributed by atoms with Crippen molar-refractivity contribution in [2.75, 3.05) is 0 Å². The van der Waals surface area contributed by atoms with E-state index in [4.69, 9.17) is 10.00 Å². The van der Waals surface area contributed by atoms with Crippen molar-refractivity contribution in [3.63, 3.8) is 0 Å². The predicted molar refractivity (Wildman–Crippen MR) is 110 cm³/mol. The maximum Gasteiger partial charge on any atom is 0.309 e. The van der Waals surface area contributed by atoms with Gasteiger partial charge in [0.25, 0.3) is 0 Å². The number of nitriles is 1. The fourth-order valence-electron chi connectivity index (χ4n) is 4.53. The number of allylic oxidation sites excluding steroid dienone is 4. The van der Waals surface area contributed by atoms with Gasteiger partial charge in [0.05, 0.1) is 12.0 Å². The van der Waals surface area contributed by atoms with Gasteiger partial charge in [-0.1, -0.05) is 57.3 Å². The standard InChI is InChI=1S/C24H37NO2/c1-2-3-4-6-9-20-11-15-22(16-12-20)24(26)27-23-17-13-21(14-18-23)10-7-5-8-19-25/h5,7-8,10,20-23H,2-4,6,9,11-18H2,1H3/b8-5?,10-7+. The number of esters is 1. The first-order valence-electron chi connectivity index (χ1n) is 11.2. The summed E-state index contributed by atoms with van der Waals surface area (Å²) < 4.78 is 5.85. The maximum absolute atomic E-state index is 12.5. The number of unbranched alkanes of at least 4 members (excludes halogenated alkanes) is 3. The van der Waals surface area contributed by atoms with Crippen molar-refractivity contribution < 1.29 is 9.53 Å². The summed E-state index contributed by atoms with van der Waals surface area (Å²) in [7, 11) is 0. The lowest BCUT2D eigenvalue weighted by molar-refractivity contribution is -0.157. The molecule has 2 aliphatic rings. The third kappa shape index (κ3) is 8.33. The zero-order valence-electron chi connectivity index (χ0n) is 17.1. The predicted octanol–water partition coefficient (Wildman–Crippen LogP) is 6.50. The van der Waals surface area contributed by atoms with Crippen LogP contribution in [0.5, 0.6) is 0 Å². The van der Waals surface area contributed by atoms with Gasteiger partial charge < -0.3 is 4.74 Å². The highest BCUT2D eigenvalue weighted by Gasteiger charge is 2.30. The van der Waals surface area contributed by atoms with Gasteiger partial charge in [0.15, 0.2) is 0 Å². The maximum atomic E-state index is 12.5. The topological polar surface area (TPSA) is 50.1 Å². The highest BCUT2D eigenvalue weighted by molar-refractivity contribution is 5.72. The summed E-state index contributed by atoms with van der Waals surface area (Å²) in [6.07, 6.45) is 22.8. The van der Waals surface area contributed by atoms with Gasteiger partial charge in [0.1, 0.15) is 6.10 Å². The fraction of sp³-hybridized carbons (Fsp3) is 0.750. The van der Waals surface area contributed by atoms with Crippen LogP contribution in [0.4, 0.5) is 0 Å². The normalized spacial score (nSPS) is 29.0. The van der Waals surface area contributed by atoms with Crippen molar-refractivity contribution in [3.05, 3.63) is 24.3 Å². The molecular weight excluding hydrogens is 334 g/mol. The van der Waals surface area contributed by atoms with Gasteiger partial charge in [-0.2, -0.15) is 5.26 Å². The molecule has 2 fully saturated rings. The lowest BCUT2D eigenvalue weighted by Crippen LogP contribution is -2.29. The molecule has 2 aliphatic carbocycles. The van der Waals surface area contributed by atoms with Crippen molar-refractivity contribution in [2.24, 2.45) is 17.8 Å². The van der Waals surface area contributed by atoms with E-state index in [-0.39, 0.29) is 18.0 Å². The molecule has 3 heteroatoms. The van der Waals surface area contributed by atoms with Crippen LogP contribution in [0.3, 0.4) is 0 Å². The van der Waals surface area contributed by atoms with E-state index in [1.165, 1.54) is 51.0 Å². The van der Waals surface area contributed by atoms with Crippen LogP contribution in [-0.4, -0.2) is 12.1 Å². The summed E-state index contributed by atoms with van der Waals surface area (Å²) >= 11 is 0. The van der Waals surface area contributed by atoms with Crippen molar-refractivity contribution in [2.45, 2.75) is 96.5 Å². The number of rotatable bonds is 9. The Balaban J connectivity index is 1.61. The Morgan fingerprint density at radius 3 is 2.41 bits per heavy atom. The van der Waals surface area contributed by atoms with E-state index in [1.807, 2.05) is 12.1 Å². The molecular formula is C24H37NO2. The summed E-state index contributed by atoms with van der Waals surface area (Å²) in [6.45, 7) is 2.26. The van der Waals surface area contributed by atoms with Gasteiger partial charge >= 0.3 is 5.97 Å². The van der Waals surface area contributed by atoms with Crippen LogP contribution in [0.2, 0.25) is 0 Å². The molecule has 0 bridgehead atoms. The molecule has 0 aromatic carbocycles. The van der Waals surface area contributed by atoms with Crippen LogP contribution < -0.4 is 0 Å². The van der Waals surface area contributed by atoms with Crippen molar-refractivity contribution in [1.82, 2.24) is 0 Å². The summed E-state index contributed by atoms with van der Waals surface area (Å²) in [4.78, 5) is 12.5. The third-order valence-electron chi connectivity index (χ3n) is 6.31. The highest BCUT2D eigenvalue weighted by Crippen LogP contribution is 2.34. The highest BCUT2D eigenvalue weighted by atomic mass is 16.5. The Morgan fingerprint density at radius 2 is 1.74 bits per heavy atom. The van der Waals surface area contributed by atoms with E-state index in [0.717, 1.165) is 44.4 Å². The minimum atomic E-state index is 0.0652. The lowest BCUT2D eigenvalue weighted by atomic mass is 9.79. The number of carbonyl (C=O) groups excluding carboxylic acids is 1. The largest absolute Gasteiger partial charge is 0.462 e.